The van der Waals surface area contributed by atoms with Crippen LogP contribution in [-0.2, 0) is 45.6 Å². The molecule has 3 N–H and O–H groups in total. The number of aryl methyl sites for hydroxylation is 2. The van der Waals surface area contributed by atoms with Crippen LogP contribution in [0.4, 0.5) is 0 Å². The number of carbonyl (C=O) groups excluding carboxylic acids is 2. The van der Waals surface area contributed by atoms with Crippen molar-refractivity contribution in [2.75, 3.05) is 26.2 Å². The summed E-state index contributed by atoms with van der Waals surface area (Å²) in [5, 5.41) is 13.0. The Morgan fingerprint density at radius 2 is 1.86 bits per heavy atom. The second-order valence-corrected chi connectivity index (χ2v) is 22.7. The number of benzene rings is 2. The van der Waals surface area contributed by atoms with Gasteiger partial charge in [0.25, 0.3) is 0 Å². The highest BCUT2D eigenvalue weighted by molar-refractivity contribution is 6.00. The zero-order valence-corrected chi connectivity index (χ0v) is 37.7. The highest BCUT2D eigenvalue weighted by Gasteiger charge is 2.93. The topological polar surface area (TPSA) is 105 Å². The first-order valence-corrected chi connectivity index (χ1v) is 25.4. The number of ether oxygens (including phenoxy) is 2. The monoisotopic (exact) mass is 857 g/mol. The molecule has 14 atom stereocenters. The fourth-order valence-electron chi connectivity index (χ4n) is 18.3. The van der Waals surface area contributed by atoms with Crippen LogP contribution < -0.4 is 5.73 Å². The Morgan fingerprint density at radius 1 is 0.953 bits per heavy atom. The first-order valence-electron chi connectivity index (χ1n) is 25.4. The van der Waals surface area contributed by atoms with Crippen molar-refractivity contribution in [3.05, 3.63) is 104 Å². The summed E-state index contributed by atoms with van der Waals surface area (Å²) < 4.78 is 14.2. The van der Waals surface area contributed by atoms with Gasteiger partial charge in [-0.25, -0.2) is 4.79 Å². The molecule has 4 fully saturated rings. The first kappa shape index (κ1) is 38.9. The number of aliphatic hydroxyl groups is 1. The lowest BCUT2D eigenvalue weighted by Crippen LogP contribution is -2.77. The molecule has 6 aliphatic carbocycles. The fourth-order valence-corrected chi connectivity index (χ4v) is 18.3. The number of hydrogen-bond acceptors (Lipinski definition) is 8. The molecule has 0 amide bonds. The number of aliphatic hydroxyl groups excluding tert-OH is 1. The summed E-state index contributed by atoms with van der Waals surface area (Å²) in [6.45, 7) is 8.45. The van der Waals surface area contributed by atoms with E-state index in [0.29, 0.717) is 72.8 Å². The van der Waals surface area contributed by atoms with E-state index in [4.69, 9.17) is 15.2 Å². The molecule has 8 heteroatoms. The second kappa shape index (κ2) is 13.4. The summed E-state index contributed by atoms with van der Waals surface area (Å²) in [7, 11) is 0. The van der Waals surface area contributed by atoms with Crippen molar-refractivity contribution in [3.63, 3.8) is 0 Å². The van der Waals surface area contributed by atoms with Crippen molar-refractivity contribution in [1.29, 1.82) is 0 Å². The molecule has 17 bridgehead atoms. The highest BCUT2D eigenvalue weighted by atomic mass is 16.6. The Kier molecular flexibility index (Phi) is 8.15. The van der Waals surface area contributed by atoms with E-state index in [-0.39, 0.29) is 41.5 Å². The number of carbonyl (C=O) groups is 2. The van der Waals surface area contributed by atoms with Crippen molar-refractivity contribution in [2.24, 2.45) is 63.9 Å². The van der Waals surface area contributed by atoms with Gasteiger partial charge in [-0.2, -0.15) is 0 Å². The average molecular weight is 858 g/mol. The smallest absolute Gasteiger partial charge is 0.339 e. The van der Waals surface area contributed by atoms with Crippen LogP contribution in [0, 0.1) is 70.0 Å². The van der Waals surface area contributed by atoms with Gasteiger partial charge in [0, 0.05) is 73.6 Å². The summed E-state index contributed by atoms with van der Waals surface area (Å²) in [6.07, 6.45) is 12.9. The Balaban J connectivity index is 1.09. The van der Waals surface area contributed by atoms with Crippen molar-refractivity contribution in [3.8, 4) is 11.8 Å². The minimum Gasteiger partial charge on any atom is -0.509 e. The third kappa shape index (κ3) is 4.56. The van der Waals surface area contributed by atoms with Crippen LogP contribution in [0.1, 0.15) is 123 Å². The minimum absolute atomic E-state index is 0.0556. The molecule has 2 aromatic carbocycles. The quantitative estimate of drug-likeness (QED) is 0.180. The Morgan fingerprint density at radius 3 is 2.75 bits per heavy atom. The van der Waals surface area contributed by atoms with Crippen molar-refractivity contribution in [1.82, 2.24) is 9.80 Å². The molecule has 1 saturated carbocycles. The lowest BCUT2D eigenvalue weighted by atomic mass is 9.28. The van der Waals surface area contributed by atoms with E-state index < -0.39 is 16.4 Å². The maximum Gasteiger partial charge on any atom is 0.339 e. The number of allylic oxidation sites excluding steroid dienone is 2. The maximum atomic E-state index is 16.1. The van der Waals surface area contributed by atoms with E-state index in [2.05, 4.69) is 71.9 Å². The van der Waals surface area contributed by atoms with Gasteiger partial charge in [-0.3, -0.25) is 9.69 Å². The van der Waals surface area contributed by atoms with Gasteiger partial charge in [-0.15, -0.1) is 0 Å². The van der Waals surface area contributed by atoms with E-state index in [9.17, 15) is 9.90 Å². The minimum atomic E-state index is -1.15. The Hall–Kier alpha value is -4.32. The van der Waals surface area contributed by atoms with E-state index >= 15 is 4.79 Å². The molecule has 9 aliphatic heterocycles. The van der Waals surface area contributed by atoms with Gasteiger partial charge in [-0.05, 0) is 148 Å². The predicted octanol–water partition coefficient (Wildman–Crippen LogP) is 8.47. The summed E-state index contributed by atoms with van der Waals surface area (Å²) in [6, 6.07) is 14.1. The highest BCUT2D eigenvalue weighted by Crippen LogP contribution is 2.87. The molecule has 9 heterocycles. The molecule has 17 rings (SSSR count). The molecular weight excluding hydrogens is 795 g/mol. The molecule has 15 aliphatic rings. The molecule has 0 radical (unpaired) electrons. The van der Waals surface area contributed by atoms with Gasteiger partial charge in [0.05, 0.1) is 11.0 Å². The summed E-state index contributed by atoms with van der Waals surface area (Å²) in [5.74, 6) is 10.2. The third-order valence-electron chi connectivity index (χ3n) is 20.3. The zero-order valence-electron chi connectivity index (χ0n) is 37.7. The van der Waals surface area contributed by atoms with E-state index in [0.717, 1.165) is 95.0 Å². The van der Waals surface area contributed by atoms with Gasteiger partial charge in [-0.1, -0.05) is 72.7 Å². The maximum absolute atomic E-state index is 16.1. The molecule has 332 valence electrons. The number of nitrogens with two attached hydrogens (primary N) is 1. The van der Waals surface area contributed by atoms with Crippen molar-refractivity contribution in [2.45, 2.75) is 128 Å². The van der Waals surface area contributed by atoms with Gasteiger partial charge >= 0.3 is 11.9 Å². The number of esters is 2. The number of hydrogen-bond donors (Lipinski definition) is 2. The van der Waals surface area contributed by atoms with Crippen LogP contribution in [0.5, 0.6) is 0 Å². The van der Waals surface area contributed by atoms with Crippen molar-refractivity contribution < 1.29 is 24.2 Å². The zero-order chi connectivity index (χ0) is 43.0. The molecule has 64 heavy (non-hydrogen) atoms. The van der Waals surface area contributed by atoms with Crippen LogP contribution in [-0.4, -0.2) is 65.1 Å². The molecule has 3 spiro atoms. The lowest BCUT2D eigenvalue weighted by molar-refractivity contribution is -0.279. The molecule has 3 saturated heterocycles. The number of piperidine rings is 2. The summed E-state index contributed by atoms with van der Waals surface area (Å²) in [4.78, 5) is 36.6. The van der Waals surface area contributed by atoms with Gasteiger partial charge < -0.3 is 25.2 Å². The van der Waals surface area contributed by atoms with Crippen LogP contribution in [0.25, 0.3) is 0 Å². The summed E-state index contributed by atoms with van der Waals surface area (Å²) in [5.41, 5.74) is 15.5. The normalized spacial score (nSPS) is 42.6. The largest absolute Gasteiger partial charge is 0.509 e. The van der Waals surface area contributed by atoms with Crippen LogP contribution in [0.2, 0.25) is 0 Å². The molecule has 8 nitrogen and oxygen atoms in total. The van der Waals surface area contributed by atoms with E-state index in [1.165, 1.54) is 40.7 Å². The molecular formula is C56H63N3O5. The first-order chi connectivity index (χ1) is 31.2. The molecule has 0 aromatic heterocycles. The standard InChI is InChI=1S/C56H63N3O5/c1-30-22-45(60)51-54-20-19-41-43-26-37-25-36-23-32(8-3-4-14-46(55(43,54)53(62)63-51)56(54)42-13-6-10-35(11-7-21-57)48(42)52(61)64-56)15-16-34(36)9-5-12-39-31(2)47(37)49(41)50-40(39)17-18-44-38-24-33(28-59(44)50)27-58(30)29-38/h6,10,13,15-16,23,30-31,33,37-39,44,46-47,49,60H,3-4,7-9,11,14,17-22,24-29,57H2,1-2H3. The van der Waals surface area contributed by atoms with E-state index in [1.807, 2.05) is 0 Å². The Bertz CT molecular complexity index is 2630. The van der Waals surface area contributed by atoms with Crippen LogP contribution >= 0.6 is 0 Å². The van der Waals surface area contributed by atoms with Crippen LogP contribution in [0.15, 0.2) is 70.3 Å². The predicted molar refractivity (Wildman–Crippen MR) is 242 cm³/mol. The Labute approximate surface area is 378 Å². The number of fused-ring (bicyclic) bond motifs is 6. The second-order valence-electron chi connectivity index (χ2n) is 22.7. The SMILES string of the molecule is CC1C2C#CCc3ccc4cc3CC3CC5=C6CCC78C(=C(O)CC(C)N9CC%10CC(C9)C9CCC2=C(C6C31)N9C%10)OC(=O)C57C(CCCC4)C81OC(=O)c2c(CCCN)cccc21. The molecule has 14 unspecified atom stereocenters. The van der Waals surface area contributed by atoms with Gasteiger partial charge in [0.2, 0.25) is 0 Å². The van der Waals surface area contributed by atoms with Crippen molar-refractivity contribution >= 4 is 11.9 Å². The fraction of sp³-hybridized carbons (Fsp3) is 0.607. The number of nitrogens with zero attached hydrogens (tertiary/aromatic N) is 2. The van der Waals surface area contributed by atoms with Gasteiger partial charge in [0.1, 0.15) is 11.2 Å². The molecule has 2 aromatic rings. The van der Waals surface area contributed by atoms with Gasteiger partial charge in [0.15, 0.2) is 11.4 Å². The summed E-state index contributed by atoms with van der Waals surface area (Å²) >= 11 is 0. The number of rotatable bonds is 3. The third-order valence-corrected chi connectivity index (χ3v) is 20.3. The lowest BCUT2D eigenvalue weighted by Gasteiger charge is -2.72. The van der Waals surface area contributed by atoms with Crippen LogP contribution in [0.3, 0.4) is 0 Å². The average Bonchev–Trinajstić information content (AvgIpc) is 3.74. The van der Waals surface area contributed by atoms with E-state index in [1.54, 1.807) is 11.3 Å².